The van der Waals surface area contributed by atoms with E-state index in [1.807, 2.05) is 24.3 Å². The van der Waals surface area contributed by atoms with Gasteiger partial charge >= 0.3 is 0 Å². The number of nitrogens with one attached hydrogen (secondary N) is 1. The number of carbonyl (C=O) groups excluding carboxylic acids is 1. The third-order valence-electron chi connectivity index (χ3n) is 4.89. The Hall–Kier alpha value is -2.78. The van der Waals surface area contributed by atoms with E-state index in [-0.39, 0.29) is 5.91 Å². The molecule has 0 spiro atoms. The Morgan fingerprint density at radius 3 is 2.27 bits per heavy atom. The number of nitrogens with zero attached hydrogens (tertiary/aromatic N) is 2. The quantitative estimate of drug-likeness (QED) is 0.721. The molecular formula is C21H27N3O5S. The SMILES string of the molecule is C[C@H](Oc1ccc(N(C)S(C)(=O)=O)cc1)C(=O)Nc1ccc(N2CCOCC2)cc1. The lowest BCUT2D eigenvalue weighted by Crippen LogP contribution is -2.36. The highest BCUT2D eigenvalue weighted by atomic mass is 32.2. The van der Waals surface area contributed by atoms with E-state index in [1.165, 1.54) is 11.4 Å². The fraction of sp³-hybridized carbons (Fsp3) is 0.381. The summed E-state index contributed by atoms with van der Waals surface area (Å²) in [7, 11) is -1.85. The van der Waals surface area contributed by atoms with Crippen molar-refractivity contribution in [2.75, 3.05) is 54.1 Å². The smallest absolute Gasteiger partial charge is 0.265 e. The fourth-order valence-corrected chi connectivity index (χ4v) is 3.51. The van der Waals surface area contributed by atoms with Crippen molar-refractivity contribution in [3.8, 4) is 5.75 Å². The number of hydrogen-bond donors (Lipinski definition) is 1. The molecule has 162 valence electrons. The molecule has 1 saturated heterocycles. The van der Waals surface area contributed by atoms with E-state index in [0.29, 0.717) is 17.1 Å². The number of anilines is 3. The van der Waals surface area contributed by atoms with Crippen LogP contribution in [0.3, 0.4) is 0 Å². The van der Waals surface area contributed by atoms with Crippen LogP contribution in [0.25, 0.3) is 0 Å². The molecule has 1 atom stereocenters. The Bertz CT molecular complexity index is 955. The van der Waals surface area contributed by atoms with Crippen molar-refractivity contribution in [2.45, 2.75) is 13.0 Å². The maximum Gasteiger partial charge on any atom is 0.265 e. The first-order valence-electron chi connectivity index (χ1n) is 9.68. The first kappa shape index (κ1) is 21.9. The molecule has 2 aromatic carbocycles. The summed E-state index contributed by atoms with van der Waals surface area (Å²) < 4.78 is 35.4. The summed E-state index contributed by atoms with van der Waals surface area (Å²) >= 11 is 0. The molecule has 2 aromatic rings. The minimum absolute atomic E-state index is 0.272. The molecule has 1 heterocycles. The van der Waals surface area contributed by atoms with Crippen molar-refractivity contribution in [3.05, 3.63) is 48.5 Å². The number of sulfonamides is 1. The number of benzene rings is 2. The number of amides is 1. The molecule has 0 aliphatic carbocycles. The van der Waals surface area contributed by atoms with Crippen LogP contribution >= 0.6 is 0 Å². The molecule has 1 amide bonds. The van der Waals surface area contributed by atoms with Crippen LogP contribution in [0.15, 0.2) is 48.5 Å². The molecule has 0 bridgehead atoms. The molecule has 0 saturated carbocycles. The number of hydrogen-bond acceptors (Lipinski definition) is 6. The largest absolute Gasteiger partial charge is 0.481 e. The van der Waals surface area contributed by atoms with Gasteiger partial charge in [-0.1, -0.05) is 0 Å². The summed E-state index contributed by atoms with van der Waals surface area (Å²) in [6.45, 7) is 4.82. The molecule has 1 N–H and O–H groups in total. The van der Waals surface area contributed by atoms with E-state index in [0.717, 1.165) is 38.2 Å². The average Bonchev–Trinajstić information content (AvgIpc) is 2.74. The van der Waals surface area contributed by atoms with E-state index in [4.69, 9.17) is 9.47 Å². The Balaban J connectivity index is 1.55. The molecule has 0 aromatic heterocycles. The first-order valence-corrected chi connectivity index (χ1v) is 11.5. The predicted octanol–water partition coefficient (Wildman–Crippen LogP) is 2.33. The van der Waals surface area contributed by atoms with Crippen LogP contribution in [0, 0.1) is 0 Å². The maximum absolute atomic E-state index is 12.5. The lowest BCUT2D eigenvalue weighted by Gasteiger charge is -2.29. The van der Waals surface area contributed by atoms with Gasteiger partial charge < -0.3 is 19.7 Å². The second kappa shape index (κ2) is 9.36. The molecule has 0 radical (unpaired) electrons. The number of carbonyl (C=O) groups is 1. The van der Waals surface area contributed by atoms with Crippen molar-refractivity contribution < 1.29 is 22.7 Å². The first-order chi connectivity index (χ1) is 14.2. The van der Waals surface area contributed by atoms with Crippen LogP contribution in [-0.2, 0) is 19.6 Å². The molecule has 9 heteroatoms. The Morgan fingerprint density at radius 1 is 1.10 bits per heavy atom. The van der Waals surface area contributed by atoms with E-state index in [1.54, 1.807) is 31.2 Å². The molecule has 1 aliphatic rings. The maximum atomic E-state index is 12.5. The Kier molecular flexibility index (Phi) is 6.84. The number of rotatable bonds is 7. The van der Waals surface area contributed by atoms with E-state index < -0.39 is 16.1 Å². The van der Waals surface area contributed by atoms with Gasteiger partial charge in [0.1, 0.15) is 5.75 Å². The lowest BCUT2D eigenvalue weighted by molar-refractivity contribution is -0.122. The van der Waals surface area contributed by atoms with Gasteiger partial charge in [0.2, 0.25) is 10.0 Å². The summed E-state index contributed by atoms with van der Waals surface area (Å²) in [6, 6.07) is 14.2. The monoisotopic (exact) mass is 433 g/mol. The molecule has 8 nitrogen and oxygen atoms in total. The van der Waals surface area contributed by atoms with Gasteiger partial charge in [-0.3, -0.25) is 9.10 Å². The summed E-state index contributed by atoms with van der Waals surface area (Å²) in [4.78, 5) is 14.7. The molecule has 0 unspecified atom stereocenters. The summed E-state index contributed by atoms with van der Waals surface area (Å²) in [5, 5.41) is 2.85. The van der Waals surface area contributed by atoms with Gasteiger partial charge in [0.05, 0.1) is 25.2 Å². The van der Waals surface area contributed by atoms with E-state index in [2.05, 4.69) is 10.2 Å². The van der Waals surface area contributed by atoms with Crippen molar-refractivity contribution in [1.29, 1.82) is 0 Å². The van der Waals surface area contributed by atoms with Crippen LogP contribution in [0.1, 0.15) is 6.92 Å². The van der Waals surface area contributed by atoms with Gasteiger partial charge in [-0.2, -0.15) is 0 Å². The third kappa shape index (κ3) is 5.64. The van der Waals surface area contributed by atoms with Crippen molar-refractivity contribution >= 4 is 33.0 Å². The molecule has 30 heavy (non-hydrogen) atoms. The van der Waals surface area contributed by atoms with Crippen LogP contribution < -0.4 is 19.3 Å². The van der Waals surface area contributed by atoms with E-state index >= 15 is 0 Å². The average molecular weight is 434 g/mol. The van der Waals surface area contributed by atoms with Crippen molar-refractivity contribution in [2.24, 2.45) is 0 Å². The standard InChI is InChI=1S/C21H27N3O5S/c1-16(29-20-10-8-18(9-11-20)23(2)30(3,26)27)21(25)22-17-4-6-19(7-5-17)24-12-14-28-15-13-24/h4-11,16H,12-15H2,1-3H3,(H,22,25)/t16-/m0/s1. The zero-order valence-corrected chi connectivity index (χ0v) is 18.2. The van der Waals surface area contributed by atoms with Crippen LogP contribution in [0.2, 0.25) is 0 Å². The number of morpholine rings is 1. The predicted molar refractivity (Wildman–Crippen MR) is 118 cm³/mol. The molecular weight excluding hydrogens is 406 g/mol. The summed E-state index contributed by atoms with van der Waals surface area (Å²) in [5.41, 5.74) is 2.31. The minimum Gasteiger partial charge on any atom is -0.481 e. The summed E-state index contributed by atoms with van der Waals surface area (Å²) in [6.07, 6.45) is 0.416. The van der Waals surface area contributed by atoms with Gasteiger partial charge in [0, 0.05) is 31.5 Å². The number of ether oxygens (including phenoxy) is 2. The normalized spacial score (nSPS) is 15.4. The summed E-state index contributed by atoms with van der Waals surface area (Å²) in [5.74, 6) is 0.206. The Labute approximate surface area is 177 Å². The third-order valence-corrected chi connectivity index (χ3v) is 6.10. The van der Waals surface area contributed by atoms with Crippen molar-refractivity contribution in [3.63, 3.8) is 0 Å². The van der Waals surface area contributed by atoms with Crippen LogP contribution in [-0.4, -0.2) is 60.0 Å². The van der Waals surface area contributed by atoms with Gasteiger partial charge in [-0.25, -0.2) is 8.42 Å². The highest BCUT2D eigenvalue weighted by molar-refractivity contribution is 7.92. The van der Waals surface area contributed by atoms with Gasteiger partial charge in [0.15, 0.2) is 6.10 Å². The van der Waals surface area contributed by atoms with Crippen LogP contribution in [0.4, 0.5) is 17.1 Å². The second-order valence-corrected chi connectivity index (χ2v) is 9.13. The molecule has 1 fully saturated rings. The van der Waals surface area contributed by atoms with Gasteiger partial charge in [-0.15, -0.1) is 0 Å². The van der Waals surface area contributed by atoms with E-state index in [9.17, 15) is 13.2 Å². The van der Waals surface area contributed by atoms with Crippen LogP contribution in [0.5, 0.6) is 5.75 Å². The van der Waals surface area contributed by atoms with Crippen molar-refractivity contribution in [1.82, 2.24) is 0 Å². The zero-order chi connectivity index (χ0) is 21.7. The fourth-order valence-electron chi connectivity index (χ4n) is 3.00. The highest BCUT2D eigenvalue weighted by Gasteiger charge is 2.17. The minimum atomic E-state index is -3.33. The molecule has 3 rings (SSSR count). The topological polar surface area (TPSA) is 88.2 Å². The second-order valence-electron chi connectivity index (χ2n) is 7.12. The highest BCUT2D eigenvalue weighted by Crippen LogP contribution is 2.22. The van der Waals surface area contributed by atoms with Gasteiger partial charge in [0.25, 0.3) is 5.91 Å². The Morgan fingerprint density at radius 2 is 1.70 bits per heavy atom. The lowest BCUT2D eigenvalue weighted by atomic mass is 10.2. The zero-order valence-electron chi connectivity index (χ0n) is 17.4. The van der Waals surface area contributed by atoms with Gasteiger partial charge in [-0.05, 0) is 55.5 Å². The molecule has 1 aliphatic heterocycles.